The van der Waals surface area contributed by atoms with E-state index >= 15 is 0 Å². The van der Waals surface area contributed by atoms with E-state index in [1.807, 2.05) is 4.90 Å². The van der Waals surface area contributed by atoms with Crippen LogP contribution in [0.5, 0.6) is 0 Å². The predicted molar refractivity (Wildman–Crippen MR) is 94.1 cm³/mol. The molecule has 9 heteroatoms. The Labute approximate surface area is 151 Å². The summed E-state index contributed by atoms with van der Waals surface area (Å²) in [5, 5.41) is 4.94. The molecule has 0 bridgehead atoms. The van der Waals surface area contributed by atoms with Gasteiger partial charge in [-0.1, -0.05) is 27.5 Å². The zero-order valence-electron chi connectivity index (χ0n) is 12.8. The minimum Gasteiger partial charge on any atom is -0.459 e. The lowest BCUT2D eigenvalue weighted by molar-refractivity contribution is 0.0714. The van der Waals surface area contributed by atoms with E-state index in [1.54, 1.807) is 23.2 Å². The first kappa shape index (κ1) is 17.0. The molecule has 1 amide bonds. The topological polar surface area (TPSA) is 71.6 Å². The van der Waals surface area contributed by atoms with Gasteiger partial charge in [0.25, 0.3) is 11.5 Å². The van der Waals surface area contributed by atoms with Gasteiger partial charge in [0, 0.05) is 31.5 Å². The number of amides is 1. The average Bonchev–Trinajstić information content (AvgIpc) is 3.13. The van der Waals surface area contributed by atoms with Crippen molar-refractivity contribution in [3.63, 3.8) is 0 Å². The van der Waals surface area contributed by atoms with Crippen LogP contribution in [0.4, 0.5) is 5.69 Å². The molecular weight excluding hydrogens is 400 g/mol. The van der Waals surface area contributed by atoms with Gasteiger partial charge in [-0.15, -0.1) is 0 Å². The van der Waals surface area contributed by atoms with Gasteiger partial charge in [-0.25, -0.2) is 4.68 Å². The van der Waals surface area contributed by atoms with Gasteiger partial charge in [0.05, 0.1) is 24.7 Å². The highest BCUT2D eigenvalue weighted by Gasteiger charge is 2.25. The number of halogens is 2. The van der Waals surface area contributed by atoms with E-state index < -0.39 is 0 Å². The maximum Gasteiger partial charge on any atom is 0.289 e. The summed E-state index contributed by atoms with van der Waals surface area (Å²) in [7, 11) is 0. The van der Waals surface area contributed by atoms with Crippen LogP contribution in [0, 0.1) is 0 Å². The molecule has 0 unspecified atom stereocenters. The molecule has 0 spiro atoms. The van der Waals surface area contributed by atoms with E-state index in [4.69, 9.17) is 16.0 Å². The molecule has 0 aromatic carbocycles. The highest BCUT2D eigenvalue weighted by atomic mass is 79.9. The average molecular weight is 416 g/mol. The van der Waals surface area contributed by atoms with Crippen LogP contribution in [-0.4, -0.2) is 52.1 Å². The summed E-state index contributed by atoms with van der Waals surface area (Å²) in [4.78, 5) is 28.2. The van der Waals surface area contributed by atoms with E-state index in [0.29, 0.717) is 49.5 Å². The smallest absolute Gasteiger partial charge is 0.289 e. The Balaban J connectivity index is 1.70. The normalized spacial score (nSPS) is 14.9. The minimum absolute atomic E-state index is 0.128. The van der Waals surface area contributed by atoms with Crippen molar-refractivity contribution >= 4 is 39.1 Å². The number of carbonyl (C=O) groups excluding carboxylic acids is 1. The summed E-state index contributed by atoms with van der Waals surface area (Å²) in [6.45, 7) is 2.68. The van der Waals surface area contributed by atoms with Crippen molar-refractivity contribution in [2.45, 2.75) is 6.54 Å². The molecule has 0 atom stereocenters. The van der Waals surface area contributed by atoms with Crippen LogP contribution < -0.4 is 10.5 Å². The molecule has 7 nitrogen and oxygen atoms in total. The predicted octanol–water partition coefficient (Wildman–Crippen LogP) is 1.85. The van der Waals surface area contributed by atoms with Gasteiger partial charge in [-0.2, -0.15) is 5.10 Å². The number of piperazine rings is 1. The maximum atomic E-state index is 12.3. The minimum atomic E-state index is -0.303. The third-order valence-electron chi connectivity index (χ3n) is 3.90. The molecule has 1 fully saturated rings. The lowest BCUT2D eigenvalue weighted by Gasteiger charge is -2.35. The van der Waals surface area contributed by atoms with E-state index in [0.717, 1.165) is 0 Å². The van der Waals surface area contributed by atoms with Crippen LogP contribution >= 0.6 is 27.5 Å². The first-order valence-electron chi connectivity index (χ1n) is 7.51. The Morgan fingerprint density at radius 3 is 2.71 bits per heavy atom. The standard InChI is InChI=1S/C15H16BrClN4O3/c16-3-4-21-15(23)13(17)11(10-18-21)19-5-7-20(8-6-19)14(22)12-2-1-9-24-12/h1-2,9-10H,3-8H2. The van der Waals surface area contributed by atoms with E-state index in [1.165, 1.54) is 10.9 Å². The van der Waals surface area contributed by atoms with Gasteiger partial charge in [0.1, 0.15) is 5.02 Å². The number of aryl methyl sites for hydroxylation is 1. The zero-order valence-corrected chi connectivity index (χ0v) is 15.2. The number of anilines is 1. The second-order valence-electron chi connectivity index (χ2n) is 5.32. The molecule has 1 aliphatic heterocycles. The summed E-state index contributed by atoms with van der Waals surface area (Å²) >= 11 is 9.50. The largest absolute Gasteiger partial charge is 0.459 e. The van der Waals surface area contributed by atoms with Gasteiger partial charge in [-0.05, 0) is 12.1 Å². The fourth-order valence-corrected chi connectivity index (χ4v) is 3.22. The van der Waals surface area contributed by atoms with Crippen molar-refractivity contribution < 1.29 is 9.21 Å². The second kappa shape index (κ2) is 7.40. The number of rotatable bonds is 4. The summed E-state index contributed by atoms with van der Waals surface area (Å²) in [6, 6.07) is 3.34. The molecule has 2 aromatic rings. The van der Waals surface area contributed by atoms with Crippen LogP contribution in [-0.2, 0) is 6.54 Å². The highest BCUT2D eigenvalue weighted by Crippen LogP contribution is 2.22. The van der Waals surface area contributed by atoms with Crippen LogP contribution in [0.2, 0.25) is 5.02 Å². The van der Waals surface area contributed by atoms with Crippen molar-refractivity contribution in [2.24, 2.45) is 0 Å². The Kier molecular flexibility index (Phi) is 5.25. The molecule has 0 aliphatic carbocycles. The number of alkyl halides is 1. The first-order chi connectivity index (χ1) is 11.6. The van der Waals surface area contributed by atoms with Gasteiger partial charge >= 0.3 is 0 Å². The highest BCUT2D eigenvalue weighted by molar-refractivity contribution is 9.09. The lowest BCUT2D eigenvalue weighted by atomic mass is 10.2. The number of carbonyl (C=O) groups is 1. The molecule has 0 saturated carbocycles. The van der Waals surface area contributed by atoms with Crippen LogP contribution in [0.25, 0.3) is 0 Å². The van der Waals surface area contributed by atoms with Crippen LogP contribution in [0.3, 0.4) is 0 Å². The van der Waals surface area contributed by atoms with Crippen LogP contribution in [0.15, 0.2) is 33.8 Å². The number of nitrogens with zero attached hydrogens (tertiary/aromatic N) is 4. The lowest BCUT2D eigenvalue weighted by Crippen LogP contribution is -2.49. The number of furan rings is 1. The third-order valence-corrected chi connectivity index (χ3v) is 4.61. The Bertz CT molecular complexity index is 770. The van der Waals surface area contributed by atoms with Crippen molar-refractivity contribution in [1.82, 2.24) is 14.7 Å². The third kappa shape index (κ3) is 3.34. The molecule has 3 rings (SSSR count). The van der Waals surface area contributed by atoms with Crippen molar-refractivity contribution in [3.8, 4) is 0 Å². The summed E-state index contributed by atoms with van der Waals surface area (Å²) in [5.74, 6) is 0.206. The molecule has 1 saturated heterocycles. The summed E-state index contributed by atoms with van der Waals surface area (Å²) in [6.07, 6.45) is 3.09. The van der Waals surface area contributed by atoms with Crippen molar-refractivity contribution in [2.75, 3.05) is 36.4 Å². The maximum absolute atomic E-state index is 12.3. The molecule has 0 radical (unpaired) electrons. The fraction of sp³-hybridized carbons (Fsp3) is 0.400. The summed E-state index contributed by atoms with van der Waals surface area (Å²) in [5.41, 5.74) is 0.306. The number of hydrogen-bond acceptors (Lipinski definition) is 5. The van der Waals surface area contributed by atoms with Gasteiger partial charge in [0.15, 0.2) is 5.76 Å². The molecular formula is C15H16BrClN4O3. The quantitative estimate of drug-likeness (QED) is 0.713. The van der Waals surface area contributed by atoms with E-state index in [9.17, 15) is 9.59 Å². The number of aromatic nitrogens is 2. The molecule has 0 N–H and O–H groups in total. The van der Waals surface area contributed by atoms with Gasteiger partial charge in [-0.3, -0.25) is 9.59 Å². The van der Waals surface area contributed by atoms with Crippen LogP contribution in [0.1, 0.15) is 10.6 Å². The van der Waals surface area contributed by atoms with Crippen molar-refractivity contribution in [3.05, 3.63) is 45.7 Å². The second-order valence-corrected chi connectivity index (χ2v) is 6.49. The number of hydrogen-bond donors (Lipinski definition) is 0. The SMILES string of the molecule is O=C(c1ccco1)N1CCN(c2cnn(CCBr)c(=O)c2Cl)CC1. The van der Waals surface area contributed by atoms with Gasteiger partial charge < -0.3 is 14.2 Å². The molecule has 1 aliphatic rings. The first-order valence-corrected chi connectivity index (χ1v) is 9.01. The molecule has 24 heavy (non-hydrogen) atoms. The Morgan fingerprint density at radius 1 is 1.33 bits per heavy atom. The van der Waals surface area contributed by atoms with E-state index in [2.05, 4.69) is 21.0 Å². The van der Waals surface area contributed by atoms with Crippen molar-refractivity contribution in [1.29, 1.82) is 0 Å². The molecule has 2 aromatic heterocycles. The Morgan fingerprint density at radius 2 is 2.08 bits per heavy atom. The molecule has 128 valence electrons. The van der Waals surface area contributed by atoms with E-state index in [-0.39, 0.29) is 16.5 Å². The van der Waals surface area contributed by atoms with Gasteiger partial charge in [0.2, 0.25) is 0 Å². The Hall–Kier alpha value is -1.80. The fourth-order valence-electron chi connectivity index (χ4n) is 2.62. The zero-order chi connectivity index (χ0) is 17.1. The monoisotopic (exact) mass is 414 g/mol. The molecule has 3 heterocycles. The summed E-state index contributed by atoms with van der Waals surface area (Å²) < 4.78 is 6.48.